The molecular weight excluding hydrogens is 408 g/mol. The molecular formula is C29H30N2O2. The topological polar surface area (TPSA) is 40.6 Å². The Labute approximate surface area is 194 Å². The van der Waals surface area contributed by atoms with Gasteiger partial charge in [-0.2, -0.15) is 0 Å². The van der Waals surface area contributed by atoms with Gasteiger partial charge in [-0.3, -0.25) is 9.59 Å². The fourth-order valence-electron chi connectivity index (χ4n) is 7.71. The van der Waals surface area contributed by atoms with Crippen LogP contribution in [0.4, 0.5) is 0 Å². The Balaban J connectivity index is 1.12. The Bertz CT molecular complexity index is 1260. The summed E-state index contributed by atoms with van der Waals surface area (Å²) in [6.45, 7) is 1.17. The van der Waals surface area contributed by atoms with Crippen LogP contribution >= 0.6 is 0 Å². The van der Waals surface area contributed by atoms with Gasteiger partial charge in [0, 0.05) is 32.6 Å². The second kappa shape index (κ2) is 6.82. The highest BCUT2D eigenvalue weighted by molar-refractivity contribution is 6.02. The van der Waals surface area contributed by atoms with E-state index in [-0.39, 0.29) is 17.7 Å². The summed E-state index contributed by atoms with van der Waals surface area (Å²) < 4.78 is 0. The monoisotopic (exact) mass is 438 g/mol. The molecule has 4 nitrogen and oxygen atoms in total. The average molecular weight is 439 g/mol. The maximum Gasteiger partial charge on any atom is 0.228 e. The number of nitrogens with zero attached hydrogens (tertiary/aromatic N) is 2. The highest BCUT2D eigenvalue weighted by Gasteiger charge is 2.72. The molecule has 1 saturated heterocycles. The predicted molar refractivity (Wildman–Crippen MR) is 129 cm³/mol. The van der Waals surface area contributed by atoms with Gasteiger partial charge >= 0.3 is 0 Å². The lowest BCUT2D eigenvalue weighted by atomic mass is 9.66. The van der Waals surface area contributed by atoms with Gasteiger partial charge in [-0.15, -0.1) is 0 Å². The molecule has 7 rings (SSSR count). The standard InChI is InChI=1S/C29H30N2O2/c1-30(17-24-22-8-4-2-6-18(22)12-19-7-3-5-9-23(19)24)28(33)20-13-27(32)31(16-20)26-15-29-14-21(29)10-11-25(26)29/h2-9,12,20-21,25-26H,10-11,13-17H2,1H3. The second-order valence-electron chi connectivity index (χ2n) is 11.0. The lowest BCUT2D eigenvalue weighted by molar-refractivity contribution is -0.136. The molecule has 0 radical (unpaired) electrons. The molecule has 3 aliphatic carbocycles. The molecule has 5 unspecified atom stereocenters. The maximum absolute atomic E-state index is 13.5. The largest absolute Gasteiger partial charge is 0.341 e. The van der Waals surface area contributed by atoms with E-state index >= 15 is 0 Å². The zero-order valence-electron chi connectivity index (χ0n) is 19.2. The summed E-state index contributed by atoms with van der Waals surface area (Å²) in [5, 5.41) is 4.78. The third-order valence-corrected chi connectivity index (χ3v) is 9.46. The van der Waals surface area contributed by atoms with E-state index in [0.717, 1.165) is 5.92 Å². The zero-order chi connectivity index (χ0) is 22.3. The fraction of sp³-hybridized carbons (Fsp3) is 0.448. The summed E-state index contributed by atoms with van der Waals surface area (Å²) in [5.74, 6) is 1.74. The summed E-state index contributed by atoms with van der Waals surface area (Å²) in [6.07, 6.45) is 5.59. The third-order valence-electron chi connectivity index (χ3n) is 9.46. The molecule has 3 aromatic rings. The van der Waals surface area contributed by atoms with E-state index in [0.29, 0.717) is 36.9 Å². The van der Waals surface area contributed by atoms with Crippen molar-refractivity contribution in [3.63, 3.8) is 0 Å². The van der Waals surface area contributed by atoms with Crippen molar-refractivity contribution in [1.29, 1.82) is 0 Å². The number of carbonyl (C=O) groups is 2. The smallest absolute Gasteiger partial charge is 0.228 e. The minimum Gasteiger partial charge on any atom is -0.341 e. The van der Waals surface area contributed by atoms with Crippen molar-refractivity contribution in [2.45, 2.75) is 44.7 Å². The first-order chi connectivity index (χ1) is 16.0. The quantitative estimate of drug-likeness (QED) is 0.539. The normalized spacial score (nSPS) is 32.0. The lowest BCUT2D eigenvalue weighted by Gasteiger charge is -2.48. The van der Waals surface area contributed by atoms with Crippen LogP contribution in [0, 0.1) is 23.2 Å². The Hall–Kier alpha value is -2.88. The number of hydrogen-bond donors (Lipinski definition) is 0. The molecule has 2 amide bonds. The van der Waals surface area contributed by atoms with Gasteiger partial charge in [-0.25, -0.2) is 0 Å². The maximum atomic E-state index is 13.5. The van der Waals surface area contributed by atoms with Crippen molar-refractivity contribution in [3.05, 3.63) is 60.2 Å². The molecule has 0 aromatic heterocycles. The van der Waals surface area contributed by atoms with Crippen molar-refractivity contribution in [2.75, 3.05) is 13.6 Å². The van der Waals surface area contributed by atoms with Crippen LogP contribution in [0.15, 0.2) is 54.6 Å². The summed E-state index contributed by atoms with van der Waals surface area (Å²) >= 11 is 0. The molecule has 4 fully saturated rings. The zero-order valence-corrected chi connectivity index (χ0v) is 19.2. The van der Waals surface area contributed by atoms with Crippen LogP contribution in [0.1, 0.15) is 37.7 Å². The molecule has 1 spiro atoms. The highest BCUT2D eigenvalue weighted by Crippen LogP contribution is 2.76. The van der Waals surface area contributed by atoms with Gasteiger partial charge in [0.1, 0.15) is 0 Å². The van der Waals surface area contributed by atoms with E-state index in [1.54, 1.807) is 0 Å². The Morgan fingerprint density at radius 3 is 2.39 bits per heavy atom. The first-order valence-electron chi connectivity index (χ1n) is 12.5. The van der Waals surface area contributed by atoms with Gasteiger partial charge in [-0.05, 0) is 76.1 Å². The molecule has 168 valence electrons. The summed E-state index contributed by atoms with van der Waals surface area (Å²) in [4.78, 5) is 30.3. The first kappa shape index (κ1) is 19.6. The number of benzene rings is 3. The number of carbonyl (C=O) groups excluding carboxylic acids is 2. The van der Waals surface area contributed by atoms with Crippen LogP contribution in [0.3, 0.4) is 0 Å². The van der Waals surface area contributed by atoms with E-state index in [2.05, 4.69) is 59.5 Å². The Morgan fingerprint density at radius 2 is 1.73 bits per heavy atom. The number of amides is 2. The second-order valence-corrected chi connectivity index (χ2v) is 11.0. The molecule has 5 atom stereocenters. The van der Waals surface area contributed by atoms with Gasteiger partial charge in [-0.1, -0.05) is 48.5 Å². The van der Waals surface area contributed by atoms with Crippen LogP contribution in [0.5, 0.6) is 0 Å². The molecule has 0 bridgehead atoms. The minimum atomic E-state index is -0.211. The minimum absolute atomic E-state index is 0.104. The first-order valence-corrected chi connectivity index (χ1v) is 12.5. The van der Waals surface area contributed by atoms with E-state index in [4.69, 9.17) is 0 Å². The average Bonchev–Trinajstić information content (AvgIpc) is 3.34. The van der Waals surface area contributed by atoms with Crippen LogP contribution in [0.25, 0.3) is 21.5 Å². The third kappa shape index (κ3) is 2.76. The van der Waals surface area contributed by atoms with E-state index in [1.165, 1.54) is 52.8 Å². The van der Waals surface area contributed by atoms with E-state index < -0.39 is 0 Å². The number of fused-ring (bicyclic) bond motifs is 2. The number of rotatable bonds is 4. The summed E-state index contributed by atoms with van der Waals surface area (Å²) in [6, 6.07) is 19.4. The van der Waals surface area contributed by atoms with Crippen molar-refractivity contribution < 1.29 is 9.59 Å². The SMILES string of the molecule is CN(Cc1c2ccccc2cc2ccccc12)C(=O)C1CC(=O)N(C2CC34CC3CCC24)C1. The molecule has 4 heteroatoms. The van der Waals surface area contributed by atoms with E-state index in [9.17, 15) is 9.59 Å². The van der Waals surface area contributed by atoms with Crippen LogP contribution in [-0.2, 0) is 16.1 Å². The molecule has 4 aliphatic rings. The molecule has 3 saturated carbocycles. The Morgan fingerprint density at radius 1 is 1.03 bits per heavy atom. The molecule has 33 heavy (non-hydrogen) atoms. The van der Waals surface area contributed by atoms with Crippen molar-refractivity contribution in [1.82, 2.24) is 9.80 Å². The van der Waals surface area contributed by atoms with Crippen molar-refractivity contribution >= 4 is 33.4 Å². The number of likely N-dealkylation sites (tertiary alicyclic amines) is 1. The molecule has 1 heterocycles. The van der Waals surface area contributed by atoms with Crippen LogP contribution < -0.4 is 0 Å². The Kier molecular flexibility index (Phi) is 4.04. The van der Waals surface area contributed by atoms with Gasteiger partial charge in [0.15, 0.2) is 0 Å². The fourth-order valence-corrected chi connectivity index (χ4v) is 7.71. The van der Waals surface area contributed by atoms with Gasteiger partial charge in [0.05, 0.1) is 5.92 Å². The molecule has 3 aromatic carbocycles. The molecule has 1 aliphatic heterocycles. The molecule has 0 N–H and O–H groups in total. The van der Waals surface area contributed by atoms with Gasteiger partial charge in [0.25, 0.3) is 0 Å². The predicted octanol–water partition coefficient (Wildman–Crippen LogP) is 4.99. The van der Waals surface area contributed by atoms with E-state index in [1.807, 2.05) is 11.9 Å². The number of hydrogen-bond acceptors (Lipinski definition) is 2. The van der Waals surface area contributed by atoms with Crippen LogP contribution in [0.2, 0.25) is 0 Å². The summed E-state index contributed by atoms with van der Waals surface area (Å²) in [5.41, 5.74) is 1.78. The van der Waals surface area contributed by atoms with Crippen molar-refractivity contribution in [2.24, 2.45) is 23.2 Å². The highest BCUT2D eigenvalue weighted by atomic mass is 16.2. The lowest BCUT2D eigenvalue weighted by Crippen LogP contribution is -2.53. The van der Waals surface area contributed by atoms with Crippen LogP contribution in [-0.4, -0.2) is 41.2 Å². The van der Waals surface area contributed by atoms with Gasteiger partial charge in [0.2, 0.25) is 11.8 Å². The van der Waals surface area contributed by atoms with Crippen molar-refractivity contribution in [3.8, 4) is 0 Å². The van der Waals surface area contributed by atoms with Gasteiger partial charge < -0.3 is 9.80 Å². The summed E-state index contributed by atoms with van der Waals surface area (Å²) in [7, 11) is 1.90.